The first-order valence-electron chi connectivity index (χ1n) is 3.77. The third-order valence-corrected chi connectivity index (χ3v) is 2.04. The van der Waals surface area contributed by atoms with E-state index in [4.69, 9.17) is 5.73 Å². The van der Waals surface area contributed by atoms with Gasteiger partial charge in [0.2, 0.25) is 0 Å². The van der Waals surface area contributed by atoms with Crippen LogP contribution in [0.4, 0.5) is 18.9 Å². The second-order valence-corrected chi connectivity index (χ2v) is 2.97. The van der Waals surface area contributed by atoms with Crippen LogP contribution in [0.1, 0.15) is 16.7 Å². The molecule has 1 aromatic rings. The zero-order valence-corrected chi connectivity index (χ0v) is 7.37. The molecule has 0 aromatic heterocycles. The number of benzene rings is 1. The van der Waals surface area contributed by atoms with Gasteiger partial charge in [-0.15, -0.1) is 0 Å². The van der Waals surface area contributed by atoms with E-state index in [1.54, 1.807) is 6.92 Å². The molecule has 0 aliphatic carbocycles. The van der Waals surface area contributed by atoms with E-state index >= 15 is 0 Å². The molecule has 0 radical (unpaired) electrons. The fourth-order valence-corrected chi connectivity index (χ4v) is 1.17. The van der Waals surface area contributed by atoms with Gasteiger partial charge < -0.3 is 5.73 Å². The summed E-state index contributed by atoms with van der Waals surface area (Å²) in [6.45, 7) is 3.06. The molecule has 0 aliphatic heterocycles. The Labute approximate surface area is 74.4 Å². The molecule has 0 fully saturated rings. The average molecular weight is 189 g/mol. The first kappa shape index (κ1) is 9.89. The summed E-state index contributed by atoms with van der Waals surface area (Å²) in [6.07, 6.45) is -4.31. The summed E-state index contributed by atoms with van der Waals surface area (Å²) < 4.78 is 36.9. The van der Waals surface area contributed by atoms with Crippen LogP contribution in [0.3, 0.4) is 0 Å². The number of halogens is 3. The van der Waals surface area contributed by atoms with Crippen LogP contribution in [0.25, 0.3) is 0 Å². The van der Waals surface area contributed by atoms with E-state index in [9.17, 15) is 13.2 Å². The molecule has 1 nitrogen and oxygen atoms in total. The van der Waals surface area contributed by atoms with Gasteiger partial charge in [-0.1, -0.05) is 6.07 Å². The van der Waals surface area contributed by atoms with Crippen molar-refractivity contribution in [3.63, 3.8) is 0 Å². The van der Waals surface area contributed by atoms with E-state index in [0.29, 0.717) is 5.56 Å². The zero-order chi connectivity index (χ0) is 10.2. The predicted molar refractivity (Wildman–Crippen MR) is 45.3 cm³/mol. The summed E-state index contributed by atoms with van der Waals surface area (Å²) in [5.74, 6) is 0. The Balaban J connectivity index is 3.35. The minimum absolute atomic E-state index is 0.104. The molecule has 4 heteroatoms. The molecule has 72 valence electrons. The lowest BCUT2D eigenvalue weighted by molar-refractivity contribution is -0.138. The number of hydrogen-bond acceptors (Lipinski definition) is 1. The molecule has 0 unspecified atom stereocenters. The monoisotopic (exact) mass is 189 g/mol. The van der Waals surface area contributed by atoms with E-state index in [2.05, 4.69) is 0 Å². The molecule has 0 amide bonds. The fourth-order valence-electron chi connectivity index (χ4n) is 1.17. The summed E-state index contributed by atoms with van der Waals surface area (Å²) in [5.41, 5.74) is 5.82. The molecule has 0 heterocycles. The molecule has 1 aromatic carbocycles. The van der Waals surface area contributed by atoms with Crippen molar-refractivity contribution in [2.24, 2.45) is 0 Å². The highest BCUT2D eigenvalue weighted by atomic mass is 19.4. The maximum atomic E-state index is 12.3. The topological polar surface area (TPSA) is 26.0 Å². The first-order valence-corrected chi connectivity index (χ1v) is 3.77. The van der Waals surface area contributed by atoms with Gasteiger partial charge in [-0.05, 0) is 31.0 Å². The molecule has 0 saturated carbocycles. The van der Waals surface area contributed by atoms with Crippen molar-refractivity contribution in [3.8, 4) is 0 Å². The standard InChI is InChI=1S/C9H10F3N/c1-5-3-4-7(9(10,11)12)6(2)8(5)13/h3-4H,13H2,1-2H3. The Kier molecular flexibility index (Phi) is 2.24. The normalized spacial score (nSPS) is 11.8. The average Bonchev–Trinajstić information content (AvgIpc) is 1.98. The minimum Gasteiger partial charge on any atom is -0.398 e. The van der Waals surface area contributed by atoms with E-state index < -0.39 is 11.7 Å². The van der Waals surface area contributed by atoms with Crippen molar-refractivity contribution in [2.45, 2.75) is 20.0 Å². The summed E-state index contributed by atoms with van der Waals surface area (Å²) in [5, 5.41) is 0. The van der Waals surface area contributed by atoms with Gasteiger partial charge in [0, 0.05) is 5.69 Å². The van der Waals surface area contributed by atoms with Gasteiger partial charge in [0.05, 0.1) is 5.56 Å². The van der Waals surface area contributed by atoms with E-state index in [1.807, 2.05) is 0 Å². The van der Waals surface area contributed by atoms with Gasteiger partial charge in [0.25, 0.3) is 0 Å². The van der Waals surface area contributed by atoms with Crippen molar-refractivity contribution in [2.75, 3.05) is 5.73 Å². The molecule has 0 bridgehead atoms. The smallest absolute Gasteiger partial charge is 0.398 e. The van der Waals surface area contributed by atoms with Crippen LogP contribution >= 0.6 is 0 Å². The third kappa shape index (κ3) is 1.76. The quantitative estimate of drug-likeness (QED) is 0.624. The highest BCUT2D eigenvalue weighted by Crippen LogP contribution is 2.34. The molecule has 0 saturated heterocycles. The molecule has 1 rings (SSSR count). The molecule has 2 N–H and O–H groups in total. The SMILES string of the molecule is Cc1ccc(C(F)(F)F)c(C)c1N. The second-order valence-electron chi connectivity index (χ2n) is 2.97. The number of anilines is 1. The number of aryl methyl sites for hydroxylation is 1. The van der Waals surface area contributed by atoms with E-state index in [0.717, 1.165) is 6.07 Å². The third-order valence-electron chi connectivity index (χ3n) is 2.04. The van der Waals surface area contributed by atoms with Gasteiger partial charge in [-0.2, -0.15) is 13.2 Å². The fraction of sp³-hybridized carbons (Fsp3) is 0.333. The van der Waals surface area contributed by atoms with Gasteiger partial charge in [0.15, 0.2) is 0 Å². The van der Waals surface area contributed by atoms with Crippen LogP contribution < -0.4 is 5.73 Å². The highest BCUT2D eigenvalue weighted by molar-refractivity contribution is 5.56. The van der Waals surface area contributed by atoms with Crippen LogP contribution in [0.15, 0.2) is 12.1 Å². The Morgan fingerprint density at radius 1 is 1.15 bits per heavy atom. The second kappa shape index (κ2) is 2.94. The Bertz CT molecular complexity index is 328. The van der Waals surface area contributed by atoms with Crippen molar-refractivity contribution >= 4 is 5.69 Å². The lowest BCUT2D eigenvalue weighted by atomic mass is 10.0. The summed E-state index contributed by atoms with van der Waals surface area (Å²) in [7, 11) is 0. The largest absolute Gasteiger partial charge is 0.416 e. The Hall–Kier alpha value is -1.19. The lowest BCUT2D eigenvalue weighted by Gasteiger charge is -2.13. The molecule has 0 aliphatic rings. The van der Waals surface area contributed by atoms with Gasteiger partial charge in [0.1, 0.15) is 0 Å². The van der Waals surface area contributed by atoms with Crippen LogP contribution in [-0.4, -0.2) is 0 Å². The minimum atomic E-state index is -4.31. The van der Waals surface area contributed by atoms with Crippen LogP contribution in [0.2, 0.25) is 0 Å². The number of nitrogens with two attached hydrogens (primary N) is 1. The van der Waals surface area contributed by atoms with Gasteiger partial charge in [-0.25, -0.2) is 0 Å². The lowest BCUT2D eigenvalue weighted by Crippen LogP contribution is -2.09. The number of nitrogen functional groups attached to an aromatic ring is 1. The first-order chi connectivity index (χ1) is 5.84. The van der Waals surface area contributed by atoms with Gasteiger partial charge in [-0.3, -0.25) is 0 Å². The van der Waals surface area contributed by atoms with Crippen molar-refractivity contribution in [3.05, 3.63) is 28.8 Å². The van der Waals surface area contributed by atoms with E-state index in [1.165, 1.54) is 13.0 Å². The Morgan fingerprint density at radius 3 is 2.15 bits per heavy atom. The molecule has 0 spiro atoms. The van der Waals surface area contributed by atoms with Crippen LogP contribution in [0, 0.1) is 13.8 Å². The van der Waals surface area contributed by atoms with Crippen LogP contribution in [0.5, 0.6) is 0 Å². The van der Waals surface area contributed by atoms with Crippen molar-refractivity contribution in [1.29, 1.82) is 0 Å². The molecular formula is C9H10F3N. The van der Waals surface area contributed by atoms with Crippen molar-refractivity contribution < 1.29 is 13.2 Å². The Morgan fingerprint density at radius 2 is 1.69 bits per heavy atom. The number of hydrogen-bond donors (Lipinski definition) is 1. The molecule has 13 heavy (non-hydrogen) atoms. The maximum Gasteiger partial charge on any atom is 0.416 e. The summed E-state index contributed by atoms with van der Waals surface area (Å²) in [4.78, 5) is 0. The highest BCUT2D eigenvalue weighted by Gasteiger charge is 2.32. The molecular weight excluding hydrogens is 179 g/mol. The van der Waals surface area contributed by atoms with Gasteiger partial charge >= 0.3 is 6.18 Å². The maximum absolute atomic E-state index is 12.3. The molecule has 0 atom stereocenters. The van der Waals surface area contributed by atoms with Crippen LogP contribution in [-0.2, 0) is 6.18 Å². The zero-order valence-electron chi connectivity index (χ0n) is 7.37. The van der Waals surface area contributed by atoms with E-state index in [-0.39, 0.29) is 11.3 Å². The number of alkyl halides is 3. The van der Waals surface area contributed by atoms with Crippen molar-refractivity contribution in [1.82, 2.24) is 0 Å². The summed E-state index contributed by atoms with van der Waals surface area (Å²) in [6, 6.07) is 2.44. The summed E-state index contributed by atoms with van der Waals surface area (Å²) >= 11 is 0. The predicted octanol–water partition coefficient (Wildman–Crippen LogP) is 2.90. The number of rotatable bonds is 0.